The zero-order valence-corrected chi connectivity index (χ0v) is 10.8. The third-order valence-corrected chi connectivity index (χ3v) is 2.70. The summed E-state index contributed by atoms with van der Waals surface area (Å²) in [5.41, 5.74) is 1.38. The molecule has 0 bridgehead atoms. The molecule has 0 aliphatic carbocycles. The van der Waals surface area contributed by atoms with Crippen molar-refractivity contribution in [1.82, 2.24) is 4.98 Å². The van der Waals surface area contributed by atoms with E-state index in [0.717, 1.165) is 17.3 Å². The second-order valence-corrected chi connectivity index (χ2v) is 4.09. The summed E-state index contributed by atoms with van der Waals surface area (Å²) < 4.78 is 0. The summed E-state index contributed by atoms with van der Waals surface area (Å²) in [7, 11) is 0. The summed E-state index contributed by atoms with van der Waals surface area (Å²) in [5.74, 6) is -3.62. The van der Waals surface area contributed by atoms with Crippen LogP contribution in [0.3, 0.4) is 0 Å². The zero-order chi connectivity index (χ0) is 15.2. The Bertz CT molecular complexity index is 680. The second kappa shape index (κ2) is 6.33. The van der Waals surface area contributed by atoms with E-state index < -0.39 is 17.5 Å². The van der Waals surface area contributed by atoms with Crippen LogP contribution in [0.5, 0.6) is 0 Å². The fraction of sp³-hybridized carbons (Fsp3) is 0. The van der Waals surface area contributed by atoms with E-state index in [9.17, 15) is 19.8 Å². The summed E-state index contributed by atoms with van der Waals surface area (Å²) in [6, 6.07) is 10.7. The molecule has 6 heteroatoms. The summed E-state index contributed by atoms with van der Waals surface area (Å²) in [5, 5.41) is 23.8. The van der Waals surface area contributed by atoms with Crippen LogP contribution >= 0.6 is 0 Å². The van der Waals surface area contributed by atoms with Crippen molar-refractivity contribution in [2.45, 2.75) is 0 Å². The molecule has 106 valence electrons. The molecule has 0 radical (unpaired) electrons. The standard InChI is InChI=1S/C15H12N2O4/c18-14(19)13(15(20)21)9-17-12-3-1-2-11(8-12)10-4-6-16-7-5-10/h1-9,17H,(H,18,19)(H,20,21)/p-2. The third-order valence-electron chi connectivity index (χ3n) is 2.70. The van der Waals surface area contributed by atoms with Gasteiger partial charge in [-0.05, 0) is 35.4 Å². The lowest BCUT2D eigenvalue weighted by Gasteiger charge is -2.11. The van der Waals surface area contributed by atoms with Gasteiger partial charge in [-0.3, -0.25) is 4.98 Å². The summed E-state index contributed by atoms with van der Waals surface area (Å²) in [4.78, 5) is 25.1. The van der Waals surface area contributed by atoms with Crippen molar-refractivity contribution >= 4 is 17.6 Å². The van der Waals surface area contributed by atoms with Crippen molar-refractivity contribution in [3.05, 3.63) is 60.6 Å². The molecular formula is C15H10N2O4-2. The smallest absolute Gasteiger partial charge is 0.0748 e. The Labute approximate surface area is 120 Å². The highest BCUT2D eigenvalue weighted by Crippen LogP contribution is 2.21. The van der Waals surface area contributed by atoms with E-state index in [1.165, 1.54) is 0 Å². The molecular weight excluding hydrogens is 272 g/mol. The van der Waals surface area contributed by atoms with Crippen LogP contribution in [0.1, 0.15) is 0 Å². The van der Waals surface area contributed by atoms with Gasteiger partial charge in [0.05, 0.1) is 11.9 Å². The maximum absolute atomic E-state index is 10.6. The average Bonchev–Trinajstić information content (AvgIpc) is 2.48. The predicted octanol–water partition coefficient (Wildman–Crippen LogP) is -0.456. The van der Waals surface area contributed by atoms with Gasteiger partial charge in [0.15, 0.2) is 0 Å². The fourth-order valence-electron chi connectivity index (χ4n) is 1.69. The third kappa shape index (κ3) is 3.66. The van der Waals surface area contributed by atoms with Crippen molar-refractivity contribution in [2.24, 2.45) is 0 Å². The lowest BCUT2D eigenvalue weighted by Crippen LogP contribution is -2.36. The first-order valence-electron chi connectivity index (χ1n) is 5.98. The Kier molecular flexibility index (Phi) is 4.30. The van der Waals surface area contributed by atoms with E-state index in [2.05, 4.69) is 10.3 Å². The molecule has 6 nitrogen and oxygen atoms in total. The highest BCUT2D eigenvalue weighted by atomic mass is 16.4. The summed E-state index contributed by atoms with van der Waals surface area (Å²) >= 11 is 0. The van der Waals surface area contributed by atoms with Crippen molar-refractivity contribution < 1.29 is 19.8 Å². The number of hydrogen-bond acceptors (Lipinski definition) is 6. The fourth-order valence-corrected chi connectivity index (χ4v) is 1.69. The number of anilines is 1. The van der Waals surface area contributed by atoms with Crippen molar-refractivity contribution in [2.75, 3.05) is 5.32 Å². The van der Waals surface area contributed by atoms with Gasteiger partial charge >= 0.3 is 0 Å². The Morgan fingerprint density at radius 3 is 2.29 bits per heavy atom. The molecule has 1 heterocycles. The van der Waals surface area contributed by atoms with Crippen molar-refractivity contribution in [3.8, 4) is 11.1 Å². The molecule has 0 aliphatic heterocycles. The number of carbonyl (C=O) groups is 2. The molecule has 21 heavy (non-hydrogen) atoms. The average molecular weight is 282 g/mol. The second-order valence-electron chi connectivity index (χ2n) is 4.09. The van der Waals surface area contributed by atoms with Crippen LogP contribution in [-0.4, -0.2) is 16.9 Å². The van der Waals surface area contributed by atoms with Gasteiger partial charge in [0.2, 0.25) is 0 Å². The van der Waals surface area contributed by atoms with E-state index in [1.54, 1.807) is 30.6 Å². The highest BCUT2D eigenvalue weighted by molar-refractivity contribution is 6.10. The maximum atomic E-state index is 10.6. The van der Waals surface area contributed by atoms with Crippen LogP contribution in [0.4, 0.5) is 5.69 Å². The molecule has 0 fully saturated rings. The number of rotatable bonds is 5. The molecule has 0 amide bonds. The van der Waals surface area contributed by atoms with Crippen LogP contribution in [0.15, 0.2) is 60.6 Å². The van der Waals surface area contributed by atoms with E-state index in [4.69, 9.17) is 0 Å². The number of carboxylic acid groups (broad SMARTS) is 2. The minimum Gasteiger partial charge on any atom is -0.545 e. The molecule has 2 aromatic rings. The number of aromatic nitrogens is 1. The van der Waals surface area contributed by atoms with Crippen LogP contribution in [0, 0.1) is 0 Å². The molecule has 2 rings (SSSR count). The largest absolute Gasteiger partial charge is 0.545 e. The SMILES string of the molecule is O=C([O-])C(=CNc1cccc(-c2ccncc2)c1)C(=O)[O-]. The van der Waals surface area contributed by atoms with Gasteiger partial charge in [-0.1, -0.05) is 12.1 Å². The van der Waals surface area contributed by atoms with Crippen LogP contribution in [0.2, 0.25) is 0 Å². The number of aliphatic carboxylic acids is 2. The Balaban J connectivity index is 2.25. The predicted molar refractivity (Wildman–Crippen MR) is 71.4 cm³/mol. The minimum absolute atomic E-state index is 0.532. The first-order chi connectivity index (χ1) is 10.1. The molecule has 0 spiro atoms. The molecule has 1 N–H and O–H groups in total. The van der Waals surface area contributed by atoms with Gasteiger partial charge < -0.3 is 25.1 Å². The van der Waals surface area contributed by atoms with Crippen LogP contribution in [-0.2, 0) is 9.59 Å². The van der Waals surface area contributed by atoms with Crippen LogP contribution < -0.4 is 15.5 Å². The lowest BCUT2D eigenvalue weighted by molar-refractivity contribution is -0.312. The topological polar surface area (TPSA) is 105 Å². The van der Waals surface area contributed by atoms with Crippen molar-refractivity contribution in [1.29, 1.82) is 0 Å². The number of hydrogen-bond donors (Lipinski definition) is 1. The van der Waals surface area contributed by atoms with Crippen molar-refractivity contribution in [3.63, 3.8) is 0 Å². The number of benzene rings is 1. The Morgan fingerprint density at radius 2 is 1.67 bits per heavy atom. The van der Waals surface area contributed by atoms with E-state index in [-0.39, 0.29) is 0 Å². The molecule has 0 unspecified atom stereocenters. The molecule has 0 saturated heterocycles. The maximum Gasteiger partial charge on any atom is 0.0748 e. The number of carboxylic acids is 2. The van der Waals surface area contributed by atoms with E-state index in [0.29, 0.717) is 5.69 Å². The summed E-state index contributed by atoms with van der Waals surface area (Å²) in [6.07, 6.45) is 4.13. The first-order valence-corrected chi connectivity index (χ1v) is 5.98. The normalized spacial score (nSPS) is 9.71. The van der Waals surface area contributed by atoms with Gasteiger partial charge in [-0.15, -0.1) is 0 Å². The van der Waals surface area contributed by atoms with E-state index in [1.807, 2.05) is 18.2 Å². The van der Waals surface area contributed by atoms with Gasteiger partial charge in [0, 0.05) is 29.9 Å². The van der Waals surface area contributed by atoms with Gasteiger partial charge in [0.1, 0.15) is 0 Å². The molecule has 0 atom stereocenters. The van der Waals surface area contributed by atoms with E-state index >= 15 is 0 Å². The van der Waals surface area contributed by atoms with Gasteiger partial charge in [-0.25, -0.2) is 0 Å². The minimum atomic E-state index is -1.81. The molecule has 0 aliphatic rings. The molecule has 1 aromatic heterocycles. The number of carbonyl (C=O) groups excluding carboxylic acids is 2. The number of nitrogens with zero attached hydrogens (tertiary/aromatic N) is 1. The molecule has 1 aromatic carbocycles. The first kappa shape index (κ1) is 14.3. The van der Waals surface area contributed by atoms with Crippen LogP contribution in [0.25, 0.3) is 11.1 Å². The highest BCUT2D eigenvalue weighted by Gasteiger charge is 2.01. The van der Waals surface area contributed by atoms with Gasteiger partial charge in [0.25, 0.3) is 0 Å². The number of pyridine rings is 1. The quantitative estimate of drug-likeness (QED) is 0.452. The Morgan fingerprint density at radius 1 is 1.00 bits per heavy atom. The monoisotopic (exact) mass is 282 g/mol. The molecule has 0 saturated carbocycles. The zero-order valence-electron chi connectivity index (χ0n) is 10.8. The lowest BCUT2D eigenvalue weighted by atomic mass is 10.1. The van der Waals surface area contributed by atoms with Gasteiger partial charge in [-0.2, -0.15) is 0 Å². The Hall–Kier alpha value is -3.15. The number of nitrogens with one attached hydrogen (secondary N) is 1. The summed E-state index contributed by atoms with van der Waals surface area (Å²) in [6.45, 7) is 0.